The van der Waals surface area contributed by atoms with Crippen molar-refractivity contribution in [2.75, 3.05) is 38.2 Å². The van der Waals surface area contributed by atoms with E-state index in [1.165, 1.54) is 19.1 Å². The molecule has 3 fully saturated rings. The van der Waals surface area contributed by atoms with E-state index in [1.54, 1.807) is 51.1 Å². The maximum atomic E-state index is 13.5. The lowest BCUT2D eigenvalue weighted by Gasteiger charge is -2.39. The lowest BCUT2D eigenvalue weighted by atomic mass is 9.87. The van der Waals surface area contributed by atoms with Crippen molar-refractivity contribution in [1.82, 2.24) is 37.2 Å². The number of rotatable bonds is 29. The van der Waals surface area contributed by atoms with Crippen molar-refractivity contribution >= 4 is 59.4 Å². The molecule has 0 radical (unpaired) electrons. The number of amides is 9. The number of carboxylic acids is 1. The number of unbranched alkanes of at least 4 members (excludes halogenated alkanes) is 2. The van der Waals surface area contributed by atoms with Crippen LogP contribution >= 0.6 is 0 Å². The second-order valence-electron chi connectivity index (χ2n) is 21.1. The third-order valence-electron chi connectivity index (χ3n) is 13.5. The van der Waals surface area contributed by atoms with Gasteiger partial charge in [-0.15, -0.1) is 0 Å². The highest BCUT2D eigenvalue weighted by Gasteiger charge is 2.58. The Kier molecular flexibility index (Phi) is 30.1. The molecular formula is C56H88N10O16. The van der Waals surface area contributed by atoms with E-state index in [4.69, 9.17) is 45.1 Å². The number of hydrogen-bond acceptors (Lipinski definition) is 16. The minimum Gasteiger partial charge on any atom is -0.481 e. The number of benzene rings is 1. The predicted octanol–water partition coefficient (Wildman–Crippen LogP) is 2.78. The molecule has 0 bridgehead atoms. The van der Waals surface area contributed by atoms with Gasteiger partial charge in [0.05, 0.1) is 37.6 Å². The highest BCUT2D eigenvalue weighted by Crippen LogP contribution is 2.42. The summed E-state index contributed by atoms with van der Waals surface area (Å²) in [5.41, 5.74) is 11.8. The van der Waals surface area contributed by atoms with Crippen LogP contribution < -0.4 is 54.0 Å². The number of nitrogens with one attached hydrogen (secondary N) is 8. The minimum atomic E-state index is -1.03. The summed E-state index contributed by atoms with van der Waals surface area (Å²) in [5, 5.41) is 40.0. The Morgan fingerprint density at radius 3 is 2.21 bits per heavy atom. The van der Waals surface area contributed by atoms with E-state index >= 15 is 0 Å². The number of carboxylic acid groups (broad SMARTS) is 1. The first-order valence-electron chi connectivity index (χ1n) is 27.8. The average Bonchev–Trinajstić information content (AvgIpc) is 4.40. The van der Waals surface area contributed by atoms with Gasteiger partial charge >= 0.3 is 24.1 Å². The number of anilines is 1. The fourth-order valence-corrected chi connectivity index (χ4v) is 8.90. The summed E-state index contributed by atoms with van der Waals surface area (Å²) in [6.45, 7) is 14.4. The lowest BCUT2D eigenvalue weighted by molar-refractivity contribution is -0.143. The number of alkyl carbamates (subject to hydrolysis) is 1. The molecule has 458 valence electrons. The van der Waals surface area contributed by atoms with Crippen LogP contribution in [0.15, 0.2) is 60.2 Å². The topological polar surface area (TPSA) is 392 Å². The van der Waals surface area contributed by atoms with Crippen molar-refractivity contribution in [2.24, 2.45) is 23.3 Å². The van der Waals surface area contributed by atoms with Crippen molar-refractivity contribution in [2.45, 2.75) is 180 Å². The number of carbonyl (C=O) groups is 9. The van der Waals surface area contributed by atoms with Gasteiger partial charge in [-0.2, -0.15) is 0 Å². The number of aliphatic carboxylic acids is 1. The first-order valence-corrected chi connectivity index (χ1v) is 27.8. The first-order chi connectivity index (χ1) is 38.8. The number of aliphatic hydroxyl groups is 1. The van der Waals surface area contributed by atoms with Crippen LogP contribution in [-0.2, 0) is 59.1 Å². The van der Waals surface area contributed by atoms with Crippen LogP contribution in [0.4, 0.5) is 20.1 Å². The van der Waals surface area contributed by atoms with Gasteiger partial charge in [-0.25, -0.2) is 14.4 Å². The zero-order chi connectivity index (χ0) is 60.9. The second-order valence-corrected chi connectivity index (χ2v) is 21.1. The standard InChI is InChI=1S/C54H84N10O14.C2H4O2/c1-32(2)47(64-45(66)13-9-8-10-24-55)50(70)63-41(12-11-25-57-51(56)71)49(69)61-39-19-17-38(18-20-39)29-74-53(73)60-31-59-52(72)58-28-40-27-54(30-75-54)48(68)44(78-40)22-15-33(3)14-21-43-34(4)26-42(36(6)77-43)62-46(67)23-16-35(5)76-37(7)65;1-2(3)4/h14-20,22-23,32,34-36,40-44,47-48,68H,8-13,21,24-31,55H2,1-7H3,(H,60,73)(H,61,69)(H,62,67)(H,63,70)(H,64,66)(H3,56,57,71)(H2,58,59,72);1H3,(H,3,4)/b22-15+,23-16-,33-14+;/t34-,35-,36+,40-,41-,42+,43-,44+,47-,48+,54+;/m0./s1. The molecule has 4 rings (SSSR count). The summed E-state index contributed by atoms with van der Waals surface area (Å²) in [5.74, 6) is -3.02. The molecule has 3 heterocycles. The Bertz CT molecular complexity index is 2360. The van der Waals surface area contributed by atoms with Gasteiger partial charge in [-0.05, 0) is 101 Å². The van der Waals surface area contributed by atoms with Gasteiger partial charge in [0.15, 0.2) is 0 Å². The van der Waals surface area contributed by atoms with Crippen LogP contribution in [-0.4, -0.2) is 157 Å². The zero-order valence-corrected chi connectivity index (χ0v) is 48.4. The van der Waals surface area contributed by atoms with E-state index in [0.29, 0.717) is 50.1 Å². The van der Waals surface area contributed by atoms with Crippen molar-refractivity contribution in [3.05, 3.63) is 65.8 Å². The molecule has 0 aliphatic carbocycles. The molecule has 26 heteroatoms. The Hall–Kier alpha value is -7.13. The minimum absolute atomic E-state index is 0.0784. The van der Waals surface area contributed by atoms with Crippen LogP contribution in [0.3, 0.4) is 0 Å². The largest absolute Gasteiger partial charge is 0.481 e. The van der Waals surface area contributed by atoms with Crippen molar-refractivity contribution in [3.8, 4) is 0 Å². The van der Waals surface area contributed by atoms with Crippen LogP contribution in [0.5, 0.6) is 0 Å². The maximum Gasteiger partial charge on any atom is 0.408 e. The Morgan fingerprint density at radius 2 is 1.57 bits per heavy atom. The number of nitrogens with two attached hydrogens (primary N) is 2. The number of aliphatic hydroxyl groups excluding tert-OH is 1. The molecule has 9 amide bonds. The van der Waals surface area contributed by atoms with Crippen molar-refractivity contribution in [1.29, 1.82) is 0 Å². The van der Waals surface area contributed by atoms with E-state index < -0.39 is 84.0 Å². The van der Waals surface area contributed by atoms with E-state index in [-0.39, 0.29) is 81.1 Å². The smallest absolute Gasteiger partial charge is 0.408 e. The highest BCUT2D eigenvalue weighted by molar-refractivity contribution is 5.98. The van der Waals surface area contributed by atoms with Crippen LogP contribution in [0, 0.1) is 11.8 Å². The molecule has 0 unspecified atom stereocenters. The Balaban J connectivity index is 0.00000426. The molecule has 1 spiro atoms. The van der Waals surface area contributed by atoms with Crippen molar-refractivity contribution < 1.29 is 77.0 Å². The van der Waals surface area contributed by atoms with E-state index in [0.717, 1.165) is 31.8 Å². The molecular weight excluding hydrogens is 1070 g/mol. The summed E-state index contributed by atoms with van der Waals surface area (Å²) < 4.78 is 28.5. The summed E-state index contributed by atoms with van der Waals surface area (Å²) in [6, 6.07) is 3.04. The fraction of sp³-hybridized carbons (Fsp3) is 0.625. The molecule has 3 aliphatic rings. The quantitative estimate of drug-likeness (QED) is 0.0137. The first kappa shape index (κ1) is 69.1. The number of ether oxygens (including phenoxy) is 5. The van der Waals surface area contributed by atoms with Gasteiger partial charge < -0.3 is 87.9 Å². The molecule has 14 N–H and O–H groups in total. The molecule has 0 saturated carbocycles. The molecule has 11 atom stereocenters. The molecule has 3 aliphatic heterocycles. The van der Waals surface area contributed by atoms with E-state index in [1.807, 2.05) is 19.9 Å². The highest BCUT2D eigenvalue weighted by atomic mass is 16.6. The van der Waals surface area contributed by atoms with Gasteiger partial charge in [-0.3, -0.25) is 28.8 Å². The molecule has 3 saturated heterocycles. The predicted molar refractivity (Wildman–Crippen MR) is 302 cm³/mol. The zero-order valence-electron chi connectivity index (χ0n) is 48.4. The summed E-state index contributed by atoms with van der Waals surface area (Å²) in [6.07, 6.45) is 9.47. The van der Waals surface area contributed by atoms with Gasteiger partial charge in [-0.1, -0.05) is 63.1 Å². The van der Waals surface area contributed by atoms with Crippen LogP contribution in [0.1, 0.15) is 119 Å². The van der Waals surface area contributed by atoms with E-state index in [9.17, 15) is 43.5 Å². The molecule has 82 heavy (non-hydrogen) atoms. The number of esters is 1. The normalized spacial score (nSPS) is 23.2. The van der Waals surface area contributed by atoms with Gasteiger partial charge in [0, 0.05) is 51.5 Å². The van der Waals surface area contributed by atoms with Crippen LogP contribution in [0.25, 0.3) is 0 Å². The van der Waals surface area contributed by atoms with Gasteiger partial charge in [0.1, 0.15) is 42.6 Å². The molecule has 0 aromatic heterocycles. The Labute approximate surface area is 479 Å². The lowest BCUT2D eigenvalue weighted by Crippen LogP contribution is -2.54. The van der Waals surface area contributed by atoms with E-state index in [2.05, 4.69) is 55.5 Å². The average molecular weight is 1160 g/mol. The molecule has 26 nitrogen and oxygen atoms in total. The summed E-state index contributed by atoms with van der Waals surface area (Å²) in [7, 11) is 0. The Morgan fingerprint density at radius 1 is 0.878 bits per heavy atom. The third kappa shape index (κ3) is 26.6. The fourth-order valence-electron chi connectivity index (χ4n) is 8.90. The number of hydrogen-bond donors (Lipinski definition) is 12. The SMILES string of the molecule is CC(=O)O.CC(=O)O[C@@H](C)/C=C\C(=O)N[C@@H]1C[C@H](C)[C@H](C/C=C(C)/C=C/[C@H]2O[C@H](CNC(=O)NCNC(=O)OCc3ccc(NC(=O)[C@H](CCCNC(N)=O)NC(=O)[C@@H](NC(=O)CCCCCN)C(C)C)cc3)C[C@@]3(CO3)[C@@H]2O)O[C@@H]1C. The number of allylic oxidation sites excluding steroid dienone is 2. The van der Waals surface area contributed by atoms with Gasteiger partial charge in [0.25, 0.3) is 5.97 Å². The maximum absolute atomic E-state index is 13.5. The number of carbonyl (C=O) groups excluding carboxylic acids is 8. The third-order valence-corrected chi connectivity index (χ3v) is 13.5. The number of epoxide rings is 1. The molecule has 1 aromatic rings. The number of primary amides is 1. The second kappa shape index (κ2) is 35.7. The van der Waals surface area contributed by atoms with Crippen LogP contribution in [0.2, 0.25) is 0 Å². The summed E-state index contributed by atoms with van der Waals surface area (Å²) >= 11 is 0. The number of urea groups is 2. The monoisotopic (exact) mass is 1160 g/mol. The van der Waals surface area contributed by atoms with Gasteiger partial charge in [0.2, 0.25) is 23.6 Å². The molecule has 1 aromatic carbocycles. The van der Waals surface area contributed by atoms with Crippen molar-refractivity contribution in [3.63, 3.8) is 0 Å². The summed E-state index contributed by atoms with van der Waals surface area (Å²) in [4.78, 5) is 109.